The fourth-order valence-corrected chi connectivity index (χ4v) is 4.48. The predicted octanol–water partition coefficient (Wildman–Crippen LogP) is 5.08. The number of carbonyl (C=O) groups is 2. The fourth-order valence-electron chi connectivity index (χ4n) is 3.54. The van der Waals surface area contributed by atoms with Gasteiger partial charge in [0.25, 0.3) is 5.91 Å². The molecule has 0 aliphatic rings. The van der Waals surface area contributed by atoms with E-state index in [-0.39, 0.29) is 12.3 Å². The topological polar surface area (TPSA) is 96.9 Å². The van der Waals surface area contributed by atoms with Gasteiger partial charge in [0.1, 0.15) is 5.01 Å². The highest BCUT2D eigenvalue weighted by Crippen LogP contribution is 2.26. The number of fused-ring (bicyclic) bond motifs is 1. The van der Waals surface area contributed by atoms with Crippen molar-refractivity contribution in [2.24, 2.45) is 0 Å². The number of carbonyl (C=O) groups excluding carboxylic acids is 2. The lowest BCUT2D eigenvalue weighted by atomic mass is 10.0. The van der Waals surface area contributed by atoms with Crippen LogP contribution in [0.25, 0.3) is 32.7 Å². The van der Waals surface area contributed by atoms with Crippen LogP contribution in [0.3, 0.4) is 0 Å². The van der Waals surface area contributed by atoms with E-state index >= 15 is 0 Å². The van der Waals surface area contributed by atoms with E-state index in [0.29, 0.717) is 32.9 Å². The second-order valence-electron chi connectivity index (χ2n) is 7.64. The highest BCUT2D eigenvalue weighted by molar-refractivity contribution is 7.13. The number of para-hydroxylation sites is 1. The number of nitrogens with zero attached hydrogens (tertiary/aromatic N) is 3. The molecule has 5 rings (SSSR count). The van der Waals surface area contributed by atoms with E-state index in [1.54, 1.807) is 30.6 Å². The number of aromatic nitrogens is 3. The molecule has 0 unspecified atom stereocenters. The van der Waals surface area contributed by atoms with Crippen molar-refractivity contribution < 1.29 is 9.59 Å². The lowest BCUT2D eigenvalue weighted by Gasteiger charge is -2.11. The highest BCUT2D eigenvalue weighted by Gasteiger charge is 2.16. The summed E-state index contributed by atoms with van der Waals surface area (Å²) in [4.78, 5) is 38.8. The first-order valence-corrected chi connectivity index (χ1v) is 11.9. The normalized spacial score (nSPS) is 10.8. The number of amides is 2. The number of hydrogen-bond acceptors (Lipinski definition) is 6. The summed E-state index contributed by atoms with van der Waals surface area (Å²) in [5.74, 6) is -0.820. The van der Waals surface area contributed by atoms with Crippen LogP contribution in [0.1, 0.15) is 16.1 Å². The van der Waals surface area contributed by atoms with Gasteiger partial charge in [0.15, 0.2) is 0 Å². The minimum atomic E-state index is -0.443. The monoisotopic (exact) mass is 499 g/mol. The summed E-state index contributed by atoms with van der Waals surface area (Å²) in [6.07, 6.45) is 3.45. The van der Waals surface area contributed by atoms with Crippen LogP contribution in [-0.2, 0) is 11.2 Å². The van der Waals surface area contributed by atoms with Crippen molar-refractivity contribution in [3.63, 3.8) is 0 Å². The molecule has 7 nitrogen and oxygen atoms in total. The van der Waals surface area contributed by atoms with Gasteiger partial charge >= 0.3 is 0 Å². The molecule has 2 amide bonds. The van der Waals surface area contributed by atoms with E-state index in [1.165, 1.54) is 11.3 Å². The molecule has 0 bridgehead atoms. The Morgan fingerprint density at radius 2 is 1.74 bits per heavy atom. The zero-order chi connectivity index (χ0) is 24.2. The van der Waals surface area contributed by atoms with Crippen molar-refractivity contribution in [2.45, 2.75) is 6.42 Å². The Labute approximate surface area is 209 Å². The number of nitrogens with one attached hydrogen (secondary N) is 2. The number of thiazole rings is 1. The Hall–Kier alpha value is -4.14. The summed E-state index contributed by atoms with van der Waals surface area (Å²) in [6.45, 7) is 0. The third-order valence-corrected chi connectivity index (χ3v) is 6.41. The first-order chi connectivity index (χ1) is 17.1. The molecule has 0 spiro atoms. The Bertz CT molecular complexity index is 1520. The lowest BCUT2D eigenvalue weighted by Crippen LogP contribution is -2.42. The van der Waals surface area contributed by atoms with E-state index in [0.717, 1.165) is 16.1 Å². The fraction of sp³-hybridized carbons (Fsp3) is 0.0385. The molecule has 172 valence electrons. The van der Waals surface area contributed by atoms with Gasteiger partial charge in [-0.1, -0.05) is 41.9 Å². The van der Waals surface area contributed by atoms with Crippen molar-refractivity contribution in [3.8, 4) is 21.8 Å². The molecule has 0 fully saturated rings. The third kappa shape index (κ3) is 5.18. The van der Waals surface area contributed by atoms with Crippen LogP contribution in [0.15, 0.2) is 84.5 Å². The minimum Gasteiger partial charge on any atom is -0.273 e. The average Bonchev–Trinajstić information content (AvgIpc) is 3.36. The summed E-state index contributed by atoms with van der Waals surface area (Å²) in [5, 5.41) is 3.89. The molecule has 0 radical (unpaired) electrons. The molecule has 0 aliphatic heterocycles. The largest absolute Gasteiger partial charge is 0.273 e. The van der Waals surface area contributed by atoms with Crippen LogP contribution in [0.4, 0.5) is 0 Å². The van der Waals surface area contributed by atoms with E-state index in [9.17, 15) is 9.59 Å². The molecule has 0 saturated heterocycles. The maximum atomic E-state index is 13.0. The summed E-state index contributed by atoms with van der Waals surface area (Å²) in [7, 11) is 0. The summed E-state index contributed by atoms with van der Waals surface area (Å²) in [5.41, 5.74) is 9.02. The summed E-state index contributed by atoms with van der Waals surface area (Å²) >= 11 is 7.44. The van der Waals surface area contributed by atoms with Crippen molar-refractivity contribution in [2.75, 3.05) is 0 Å². The second kappa shape index (κ2) is 10.0. The van der Waals surface area contributed by atoms with E-state index < -0.39 is 5.91 Å². The summed E-state index contributed by atoms with van der Waals surface area (Å²) < 4.78 is 0. The molecule has 2 N–H and O–H groups in total. The number of benzene rings is 2. The van der Waals surface area contributed by atoms with Crippen molar-refractivity contribution in [3.05, 3.63) is 101 Å². The molecule has 0 saturated carbocycles. The van der Waals surface area contributed by atoms with Crippen LogP contribution in [-0.4, -0.2) is 26.8 Å². The van der Waals surface area contributed by atoms with Gasteiger partial charge in [-0.3, -0.25) is 25.4 Å². The number of hydrogen-bond donors (Lipinski definition) is 2. The molecule has 35 heavy (non-hydrogen) atoms. The van der Waals surface area contributed by atoms with Gasteiger partial charge in [0, 0.05) is 39.3 Å². The van der Waals surface area contributed by atoms with Crippen molar-refractivity contribution in [1.29, 1.82) is 0 Å². The zero-order valence-electron chi connectivity index (χ0n) is 18.2. The van der Waals surface area contributed by atoms with Gasteiger partial charge in [-0.05, 0) is 36.4 Å². The molecular formula is C26H18ClN5O2S. The molecule has 3 aromatic heterocycles. The molecule has 3 heterocycles. The smallest absolute Gasteiger partial charge is 0.270 e. The van der Waals surface area contributed by atoms with Crippen LogP contribution < -0.4 is 10.9 Å². The maximum Gasteiger partial charge on any atom is 0.270 e. The predicted molar refractivity (Wildman–Crippen MR) is 137 cm³/mol. The van der Waals surface area contributed by atoms with Gasteiger partial charge in [-0.15, -0.1) is 11.3 Å². The number of rotatable bonds is 5. The molecule has 2 aromatic carbocycles. The van der Waals surface area contributed by atoms with E-state index in [1.807, 2.05) is 53.9 Å². The van der Waals surface area contributed by atoms with E-state index in [4.69, 9.17) is 11.6 Å². The maximum absolute atomic E-state index is 13.0. The van der Waals surface area contributed by atoms with Gasteiger partial charge in [0.05, 0.1) is 28.9 Å². The van der Waals surface area contributed by atoms with Crippen LogP contribution in [0, 0.1) is 0 Å². The number of halogens is 1. The van der Waals surface area contributed by atoms with Gasteiger partial charge < -0.3 is 0 Å². The highest BCUT2D eigenvalue weighted by atomic mass is 35.5. The van der Waals surface area contributed by atoms with Gasteiger partial charge in [0.2, 0.25) is 5.91 Å². The third-order valence-electron chi connectivity index (χ3n) is 5.22. The second-order valence-corrected chi connectivity index (χ2v) is 8.94. The molecule has 0 aliphatic carbocycles. The SMILES string of the molecule is O=C(Cc1csc(-c2cccnc2)n1)NNC(=O)c1cc(-c2ccc(Cl)cc2)nc2ccccc12. The number of hydrazine groups is 1. The molecule has 5 aromatic rings. The summed E-state index contributed by atoms with van der Waals surface area (Å²) in [6, 6.07) is 20.0. The molecule has 9 heteroatoms. The van der Waals surface area contributed by atoms with Crippen molar-refractivity contribution >= 4 is 45.7 Å². The van der Waals surface area contributed by atoms with Gasteiger partial charge in [-0.2, -0.15) is 0 Å². The zero-order valence-corrected chi connectivity index (χ0v) is 19.8. The Morgan fingerprint density at radius 1 is 0.914 bits per heavy atom. The minimum absolute atomic E-state index is 0.0319. The molecular weight excluding hydrogens is 482 g/mol. The van der Waals surface area contributed by atoms with Crippen molar-refractivity contribution in [1.82, 2.24) is 25.8 Å². The van der Waals surface area contributed by atoms with Crippen LogP contribution >= 0.6 is 22.9 Å². The number of pyridine rings is 2. The van der Waals surface area contributed by atoms with E-state index in [2.05, 4.69) is 25.8 Å². The van der Waals surface area contributed by atoms with Gasteiger partial charge in [-0.25, -0.2) is 9.97 Å². The Balaban J connectivity index is 1.31. The quantitative estimate of drug-likeness (QED) is 0.329. The first-order valence-electron chi connectivity index (χ1n) is 10.7. The Kier molecular flexibility index (Phi) is 6.47. The first kappa shape index (κ1) is 22.6. The van der Waals surface area contributed by atoms with Crippen LogP contribution in [0.5, 0.6) is 0 Å². The average molecular weight is 500 g/mol. The lowest BCUT2D eigenvalue weighted by molar-refractivity contribution is -0.121. The van der Waals surface area contributed by atoms with Crippen LogP contribution in [0.2, 0.25) is 5.02 Å². The standard InChI is InChI=1S/C26H18ClN5O2S/c27-18-9-7-16(8-10-18)23-13-21(20-5-1-2-6-22(20)30-23)25(34)32-31-24(33)12-19-15-35-26(29-19)17-4-3-11-28-14-17/h1-11,13-15H,12H2,(H,31,33)(H,32,34). The Morgan fingerprint density at radius 3 is 2.54 bits per heavy atom. The molecule has 0 atom stereocenters.